The Morgan fingerprint density at radius 1 is 1.18 bits per heavy atom. The number of nitrogens with one attached hydrogen (secondary N) is 1. The molecule has 94 valence electrons. The van der Waals surface area contributed by atoms with E-state index < -0.39 is 0 Å². The number of likely N-dealkylation sites (tertiary alicyclic amines) is 1. The first kappa shape index (κ1) is 12.6. The van der Waals surface area contributed by atoms with Crippen LogP contribution < -0.4 is 5.32 Å². The number of benzene rings is 1. The Morgan fingerprint density at radius 3 is 2.53 bits per heavy atom. The van der Waals surface area contributed by atoms with E-state index in [4.69, 9.17) is 5.11 Å². The minimum Gasteiger partial charge on any atom is -0.395 e. The summed E-state index contributed by atoms with van der Waals surface area (Å²) in [7, 11) is 0. The van der Waals surface area contributed by atoms with Crippen LogP contribution in [-0.2, 0) is 0 Å². The third-order valence-electron chi connectivity index (χ3n) is 3.34. The summed E-state index contributed by atoms with van der Waals surface area (Å²) in [6.45, 7) is 4.33. The zero-order valence-electron chi connectivity index (χ0n) is 10.3. The van der Waals surface area contributed by atoms with E-state index >= 15 is 0 Å². The van der Waals surface area contributed by atoms with Crippen molar-refractivity contribution in [1.82, 2.24) is 10.2 Å². The molecule has 0 bridgehead atoms. The standard InChI is InChI=1S/C14H22N2O/c17-11-8-15-14(12-16-9-4-5-10-16)13-6-2-1-3-7-13/h1-3,6-7,14-15,17H,4-5,8-12H2/t14-/m1/s1. The number of hydrogen-bond acceptors (Lipinski definition) is 3. The summed E-state index contributed by atoms with van der Waals surface area (Å²) in [4.78, 5) is 2.50. The average Bonchev–Trinajstić information content (AvgIpc) is 2.88. The van der Waals surface area contributed by atoms with Gasteiger partial charge in [0.05, 0.1) is 6.61 Å². The second-order valence-electron chi connectivity index (χ2n) is 4.65. The van der Waals surface area contributed by atoms with E-state index in [2.05, 4.69) is 34.5 Å². The van der Waals surface area contributed by atoms with Crippen molar-refractivity contribution in [3.8, 4) is 0 Å². The van der Waals surface area contributed by atoms with Gasteiger partial charge in [-0.2, -0.15) is 0 Å². The summed E-state index contributed by atoms with van der Waals surface area (Å²) in [5.74, 6) is 0. The molecule has 1 aromatic carbocycles. The number of aliphatic hydroxyl groups is 1. The molecule has 0 aromatic heterocycles. The molecule has 3 nitrogen and oxygen atoms in total. The molecule has 1 heterocycles. The van der Waals surface area contributed by atoms with Crippen LogP contribution in [0.2, 0.25) is 0 Å². The molecule has 1 fully saturated rings. The summed E-state index contributed by atoms with van der Waals surface area (Å²) < 4.78 is 0. The lowest BCUT2D eigenvalue weighted by Gasteiger charge is -2.24. The van der Waals surface area contributed by atoms with Crippen LogP contribution in [0.25, 0.3) is 0 Å². The largest absolute Gasteiger partial charge is 0.395 e. The van der Waals surface area contributed by atoms with E-state index in [1.54, 1.807) is 0 Å². The molecule has 0 saturated carbocycles. The molecule has 1 atom stereocenters. The van der Waals surface area contributed by atoms with E-state index in [1.807, 2.05) is 6.07 Å². The summed E-state index contributed by atoms with van der Waals surface area (Å²) in [6.07, 6.45) is 2.64. The van der Waals surface area contributed by atoms with Gasteiger partial charge in [-0.05, 0) is 31.5 Å². The van der Waals surface area contributed by atoms with Gasteiger partial charge in [-0.15, -0.1) is 0 Å². The van der Waals surface area contributed by atoms with Gasteiger partial charge < -0.3 is 15.3 Å². The van der Waals surface area contributed by atoms with Gasteiger partial charge in [0.15, 0.2) is 0 Å². The Bertz CT molecular complexity index is 309. The lowest BCUT2D eigenvalue weighted by Crippen LogP contribution is -2.35. The molecule has 1 aliphatic heterocycles. The van der Waals surface area contributed by atoms with E-state index in [9.17, 15) is 0 Å². The summed E-state index contributed by atoms with van der Waals surface area (Å²) in [5, 5.41) is 12.4. The fourth-order valence-corrected chi connectivity index (χ4v) is 2.44. The van der Waals surface area contributed by atoms with Crippen LogP contribution in [-0.4, -0.2) is 42.8 Å². The highest BCUT2D eigenvalue weighted by Gasteiger charge is 2.18. The number of hydrogen-bond donors (Lipinski definition) is 2. The number of rotatable bonds is 6. The highest BCUT2D eigenvalue weighted by Crippen LogP contribution is 2.17. The first-order chi connectivity index (χ1) is 8.40. The molecule has 0 amide bonds. The molecular formula is C14H22N2O. The predicted molar refractivity (Wildman–Crippen MR) is 69.9 cm³/mol. The van der Waals surface area contributed by atoms with Crippen molar-refractivity contribution < 1.29 is 5.11 Å². The second-order valence-corrected chi connectivity index (χ2v) is 4.65. The quantitative estimate of drug-likeness (QED) is 0.781. The fourth-order valence-electron chi connectivity index (χ4n) is 2.44. The molecule has 0 spiro atoms. The Morgan fingerprint density at radius 2 is 1.88 bits per heavy atom. The third-order valence-corrected chi connectivity index (χ3v) is 3.34. The lowest BCUT2D eigenvalue weighted by molar-refractivity contribution is 0.257. The summed E-state index contributed by atoms with van der Waals surface area (Å²) >= 11 is 0. The molecule has 1 aliphatic rings. The van der Waals surface area contributed by atoms with Crippen LogP contribution >= 0.6 is 0 Å². The highest BCUT2D eigenvalue weighted by molar-refractivity contribution is 5.19. The maximum atomic E-state index is 8.95. The highest BCUT2D eigenvalue weighted by atomic mass is 16.3. The summed E-state index contributed by atoms with van der Waals surface area (Å²) in [5.41, 5.74) is 1.31. The van der Waals surface area contributed by atoms with Crippen molar-refractivity contribution in [2.75, 3.05) is 32.8 Å². The Kier molecular flexibility index (Phi) is 4.98. The van der Waals surface area contributed by atoms with Gasteiger partial charge in [0, 0.05) is 19.1 Å². The minimum atomic E-state index is 0.198. The van der Waals surface area contributed by atoms with Crippen molar-refractivity contribution in [2.24, 2.45) is 0 Å². The normalized spacial score (nSPS) is 18.4. The molecule has 0 unspecified atom stereocenters. The predicted octanol–water partition coefficient (Wildman–Crippen LogP) is 1.41. The van der Waals surface area contributed by atoms with Crippen molar-refractivity contribution in [1.29, 1.82) is 0 Å². The zero-order chi connectivity index (χ0) is 11.9. The molecular weight excluding hydrogens is 212 g/mol. The van der Waals surface area contributed by atoms with E-state index in [0.717, 1.165) is 6.54 Å². The van der Waals surface area contributed by atoms with Gasteiger partial charge in [0.25, 0.3) is 0 Å². The third kappa shape index (κ3) is 3.80. The number of nitrogens with zero attached hydrogens (tertiary/aromatic N) is 1. The van der Waals surface area contributed by atoms with E-state index in [0.29, 0.717) is 12.6 Å². The van der Waals surface area contributed by atoms with Crippen LogP contribution in [0, 0.1) is 0 Å². The number of aliphatic hydroxyl groups excluding tert-OH is 1. The van der Waals surface area contributed by atoms with Gasteiger partial charge in [0.1, 0.15) is 0 Å². The molecule has 0 aliphatic carbocycles. The second kappa shape index (κ2) is 6.74. The smallest absolute Gasteiger partial charge is 0.0556 e. The molecule has 1 saturated heterocycles. The van der Waals surface area contributed by atoms with Crippen molar-refractivity contribution in [3.05, 3.63) is 35.9 Å². The first-order valence-electron chi connectivity index (χ1n) is 6.51. The van der Waals surface area contributed by atoms with Crippen LogP contribution in [0.5, 0.6) is 0 Å². The molecule has 2 rings (SSSR count). The Balaban J connectivity index is 1.97. The topological polar surface area (TPSA) is 35.5 Å². The molecule has 1 aromatic rings. The molecule has 17 heavy (non-hydrogen) atoms. The maximum Gasteiger partial charge on any atom is 0.0556 e. The van der Waals surface area contributed by atoms with Crippen LogP contribution in [0.4, 0.5) is 0 Å². The van der Waals surface area contributed by atoms with Crippen molar-refractivity contribution in [3.63, 3.8) is 0 Å². The van der Waals surface area contributed by atoms with Crippen molar-refractivity contribution in [2.45, 2.75) is 18.9 Å². The van der Waals surface area contributed by atoms with Gasteiger partial charge >= 0.3 is 0 Å². The van der Waals surface area contributed by atoms with Crippen LogP contribution in [0.1, 0.15) is 24.4 Å². The van der Waals surface area contributed by atoms with Crippen molar-refractivity contribution >= 4 is 0 Å². The Labute approximate surface area is 103 Å². The molecule has 0 radical (unpaired) electrons. The van der Waals surface area contributed by atoms with Gasteiger partial charge in [-0.3, -0.25) is 0 Å². The Hall–Kier alpha value is -0.900. The van der Waals surface area contributed by atoms with Crippen LogP contribution in [0.3, 0.4) is 0 Å². The van der Waals surface area contributed by atoms with Gasteiger partial charge in [-0.1, -0.05) is 30.3 Å². The summed E-state index contributed by atoms with van der Waals surface area (Å²) in [6, 6.07) is 10.8. The minimum absolute atomic E-state index is 0.198. The first-order valence-corrected chi connectivity index (χ1v) is 6.51. The van der Waals surface area contributed by atoms with Gasteiger partial charge in [-0.25, -0.2) is 0 Å². The zero-order valence-corrected chi connectivity index (χ0v) is 10.3. The molecule has 2 N–H and O–H groups in total. The average molecular weight is 234 g/mol. The van der Waals surface area contributed by atoms with Crippen LogP contribution in [0.15, 0.2) is 30.3 Å². The van der Waals surface area contributed by atoms with E-state index in [1.165, 1.54) is 31.5 Å². The monoisotopic (exact) mass is 234 g/mol. The molecule has 3 heteroatoms. The lowest BCUT2D eigenvalue weighted by atomic mass is 10.1. The van der Waals surface area contributed by atoms with Gasteiger partial charge in [0.2, 0.25) is 0 Å². The fraction of sp³-hybridized carbons (Fsp3) is 0.571. The van der Waals surface area contributed by atoms with E-state index in [-0.39, 0.29) is 6.61 Å². The maximum absolute atomic E-state index is 8.95. The SMILES string of the molecule is OCCN[C@H](CN1CCCC1)c1ccccc1.